The molecule has 0 aromatic carbocycles. The largest absolute Gasteiger partial charge is 0.298 e. The molecule has 0 amide bonds. The summed E-state index contributed by atoms with van der Waals surface area (Å²) in [5.41, 5.74) is 0. The zero-order valence-electron chi connectivity index (χ0n) is 7.72. The zero-order chi connectivity index (χ0) is 8.55. The van der Waals surface area contributed by atoms with E-state index in [0.717, 1.165) is 13.1 Å². The van der Waals surface area contributed by atoms with Gasteiger partial charge in [-0.25, -0.2) is 0 Å². The smallest absolute Gasteiger partial charge is 0.0869 e. The lowest BCUT2D eigenvalue weighted by molar-refractivity contribution is 0.161. The van der Waals surface area contributed by atoms with Gasteiger partial charge in [0.15, 0.2) is 0 Å². The Bertz CT molecular complexity index is 143. The van der Waals surface area contributed by atoms with Gasteiger partial charge in [-0.2, -0.15) is 0 Å². The fraction of sp³-hybridized carbons (Fsp3) is 1.00. The van der Waals surface area contributed by atoms with E-state index in [9.17, 15) is 0 Å². The number of fused-ring (bicyclic) bond motifs is 1. The van der Waals surface area contributed by atoms with E-state index < -0.39 is 0 Å². The van der Waals surface area contributed by atoms with Crippen molar-refractivity contribution in [1.29, 1.82) is 0 Å². The van der Waals surface area contributed by atoms with Crippen LogP contribution in [-0.2, 0) is 0 Å². The minimum Gasteiger partial charge on any atom is -0.298 e. The van der Waals surface area contributed by atoms with Crippen molar-refractivity contribution in [3.05, 3.63) is 0 Å². The van der Waals surface area contributed by atoms with E-state index in [1.54, 1.807) is 0 Å². The summed E-state index contributed by atoms with van der Waals surface area (Å²) in [4.78, 5) is 0. The van der Waals surface area contributed by atoms with Crippen molar-refractivity contribution in [3.63, 3.8) is 0 Å². The molecule has 4 nitrogen and oxygen atoms in total. The first kappa shape index (κ1) is 8.44. The molecule has 2 rings (SSSR count). The number of piperazine rings is 2. The van der Waals surface area contributed by atoms with E-state index in [4.69, 9.17) is 0 Å². The highest BCUT2D eigenvalue weighted by molar-refractivity contribution is 4.92. The summed E-state index contributed by atoms with van der Waals surface area (Å²) >= 11 is 0. The van der Waals surface area contributed by atoms with Gasteiger partial charge in [0.2, 0.25) is 0 Å². The van der Waals surface area contributed by atoms with E-state index in [1.807, 2.05) is 0 Å². The Balaban J connectivity index is 1.94. The van der Waals surface area contributed by atoms with Gasteiger partial charge in [0.05, 0.1) is 12.3 Å². The molecule has 4 N–H and O–H groups in total. The average Bonchev–Trinajstić information content (AvgIpc) is 2.05. The molecule has 4 heteroatoms. The maximum absolute atomic E-state index is 3.50. The second kappa shape index (κ2) is 3.30. The Kier molecular flexibility index (Phi) is 2.32. The third kappa shape index (κ3) is 1.61. The van der Waals surface area contributed by atoms with Crippen molar-refractivity contribution < 1.29 is 0 Å². The molecule has 0 aromatic heterocycles. The molecule has 0 saturated carbocycles. The Morgan fingerprint density at radius 2 is 1.25 bits per heavy atom. The Hall–Kier alpha value is -0.160. The molecule has 4 atom stereocenters. The molecular formula is C8H18N4. The normalized spacial score (nSPS) is 48.5. The molecule has 0 radical (unpaired) electrons. The second-order valence-corrected chi connectivity index (χ2v) is 3.91. The molecule has 0 aliphatic carbocycles. The van der Waals surface area contributed by atoms with Crippen molar-refractivity contribution in [2.45, 2.75) is 38.3 Å². The molecule has 2 heterocycles. The van der Waals surface area contributed by atoms with E-state index in [2.05, 4.69) is 35.1 Å². The maximum atomic E-state index is 3.50. The van der Waals surface area contributed by atoms with Gasteiger partial charge in [0.25, 0.3) is 0 Å². The molecule has 0 bridgehead atoms. The van der Waals surface area contributed by atoms with Crippen molar-refractivity contribution in [2.75, 3.05) is 13.1 Å². The van der Waals surface area contributed by atoms with Gasteiger partial charge in [0, 0.05) is 25.2 Å². The van der Waals surface area contributed by atoms with Crippen LogP contribution < -0.4 is 21.3 Å². The lowest BCUT2D eigenvalue weighted by Crippen LogP contribution is -2.74. The molecule has 0 aromatic rings. The van der Waals surface area contributed by atoms with Crippen LogP contribution in [0.1, 0.15) is 13.8 Å². The highest BCUT2D eigenvalue weighted by Crippen LogP contribution is 2.02. The summed E-state index contributed by atoms with van der Waals surface area (Å²) in [5.74, 6) is 0. The Morgan fingerprint density at radius 3 is 1.67 bits per heavy atom. The maximum Gasteiger partial charge on any atom is 0.0869 e. The zero-order valence-corrected chi connectivity index (χ0v) is 7.72. The minimum atomic E-state index is 0.393. The Morgan fingerprint density at radius 1 is 0.833 bits per heavy atom. The highest BCUT2D eigenvalue weighted by atomic mass is 15.3. The number of nitrogens with one attached hydrogen (secondary N) is 4. The van der Waals surface area contributed by atoms with Gasteiger partial charge in [0.1, 0.15) is 0 Å². The number of hydrogen-bond acceptors (Lipinski definition) is 4. The fourth-order valence-corrected chi connectivity index (χ4v) is 1.88. The molecule has 2 saturated heterocycles. The van der Waals surface area contributed by atoms with E-state index in [-0.39, 0.29) is 0 Å². The van der Waals surface area contributed by atoms with E-state index in [0.29, 0.717) is 24.4 Å². The summed E-state index contributed by atoms with van der Waals surface area (Å²) < 4.78 is 0. The number of rotatable bonds is 0. The van der Waals surface area contributed by atoms with Crippen LogP contribution in [0.4, 0.5) is 0 Å². The van der Waals surface area contributed by atoms with Crippen LogP contribution in [0.5, 0.6) is 0 Å². The molecule has 0 unspecified atom stereocenters. The SMILES string of the molecule is C[C@H]1CN[C@@H]2N[C@@H](C)CN[C@@H]2N1. The summed E-state index contributed by atoms with van der Waals surface area (Å²) in [5, 5.41) is 13.9. The first-order valence-corrected chi connectivity index (χ1v) is 4.74. The topological polar surface area (TPSA) is 48.1 Å². The molecule has 0 spiro atoms. The average molecular weight is 170 g/mol. The first-order chi connectivity index (χ1) is 5.75. The van der Waals surface area contributed by atoms with Crippen LogP contribution in [0, 0.1) is 0 Å². The summed E-state index contributed by atoms with van der Waals surface area (Å²) in [6.07, 6.45) is 0.787. The van der Waals surface area contributed by atoms with Crippen molar-refractivity contribution in [1.82, 2.24) is 21.3 Å². The van der Waals surface area contributed by atoms with Crippen LogP contribution in [0.3, 0.4) is 0 Å². The van der Waals surface area contributed by atoms with Crippen LogP contribution in [0.2, 0.25) is 0 Å². The van der Waals surface area contributed by atoms with Crippen LogP contribution in [0.15, 0.2) is 0 Å². The van der Waals surface area contributed by atoms with E-state index in [1.165, 1.54) is 0 Å². The van der Waals surface area contributed by atoms with Gasteiger partial charge >= 0.3 is 0 Å². The molecule has 70 valence electrons. The third-order valence-electron chi connectivity index (χ3n) is 2.55. The lowest BCUT2D eigenvalue weighted by Gasteiger charge is -2.43. The summed E-state index contributed by atoms with van der Waals surface area (Å²) in [6.45, 7) is 6.48. The van der Waals surface area contributed by atoms with Crippen molar-refractivity contribution >= 4 is 0 Å². The quantitative estimate of drug-likeness (QED) is 0.369. The molecule has 2 fully saturated rings. The highest BCUT2D eigenvalue weighted by Gasteiger charge is 2.31. The molecule has 2 aliphatic rings. The predicted molar refractivity (Wildman–Crippen MR) is 48.8 cm³/mol. The van der Waals surface area contributed by atoms with E-state index >= 15 is 0 Å². The van der Waals surface area contributed by atoms with Gasteiger partial charge in [-0.1, -0.05) is 0 Å². The van der Waals surface area contributed by atoms with Crippen LogP contribution in [-0.4, -0.2) is 37.5 Å². The standard InChI is InChI=1S/C8H18N4/c1-5-3-9-8-7(11-5)10-4-6(2)12-8/h5-12H,3-4H2,1-2H3/t5-,6-,7+,8+/m0/s1. The fourth-order valence-electron chi connectivity index (χ4n) is 1.88. The van der Waals surface area contributed by atoms with Gasteiger partial charge < -0.3 is 0 Å². The Labute approximate surface area is 73.5 Å². The summed E-state index contributed by atoms with van der Waals surface area (Å²) in [6, 6.07) is 1.13. The minimum absolute atomic E-state index is 0.393. The van der Waals surface area contributed by atoms with Crippen LogP contribution in [0.25, 0.3) is 0 Å². The van der Waals surface area contributed by atoms with Gasteiger partial charge in [-0.05, 0) is 13.8 Å². The predicted octanol–water partition coefficient (Wildman–Crippen LogP) is -1.20. The lowest BCUT2D eigenvalue weighted by atomic mass is 10.1. The van der Waals surface area contributed by atoms with Crippen molar-refractivity contribution in [3.8, 4) is 0 Å². The monoisotopic (exact) mass is 170 g/mol. The molecular weight excluding hydrogens is 152 g/mol. The first-order valence-electron chi connectivity index (χ1n) is 4.74. The third-order valence-corrected chi connectivity index (χ3v) is 2.55. The molecule has 2 aliphatic heterocycles. The van der Waals surface area contributed by atoms with Crippen molar-refractivity contribution in [2.24, 2.45) is 0 Å². The van der Waals surface area contributed by atoms with Crippen LogP contribution >= 0.6 is 0 Å². The summed E-state index contributed by atoms with van der Waals surface area (Å²) in [7, 11) is 0. The molecule has 12 heavy (non-hydrogen) atoms. The van der Waals surface area contributed by atoms with Gasteiger partial charge in [-0.15, -0.1) is 0 Å². The van der Waals surface area contributed by atoms with Gasteiger partial charge in [-0.3, -0.25) is 21.3 Å². The second-order valence-electron chi connectivity index (χ2n) is 3.91. The number of hydrogen-bond donors (Lipinski definition) is 4.